The van der Waals surface area contributed by atoms with Crippen LogP contribution in [-0.4, -0.2) is 38.3 Å². The fraction of sp³-hybridized carbons (Fsp3) is 0.615. The van der Waals surface area contributed by atoms with Gasteiger partial charge < -0.3 is 15.4 Å². The van der Waals surface area contributed by atoms with Gasteiger partial charge in [0, 0.05) is 32.3 Å². The Balaban J connectivity index is 2.07. The molecule has 2 rings (SSSR count). The Labute approximate surface area is 103 Å². The molecule has 1 aliphatic heterocycles. The summed E-state index contributed by atoms with van der Waals surface area (Å²) in [7, 11) is 1.77. The number of nitrogens with zero attached hydrogens (tertiary/aromatic N) is 2. The molecule has 1 aromatic rings. The van der Waals surface area contributed by atoms with Gasteiger partial charge in [-0.1, -0.05) is 6.07 Å². The van der Waals surface area contributed by atoms with Crippen LogP contribution in [0.25, 0.3) is 0 Å². The lowest BCUT2D eigenvalue weighted by Gasteiger charge is -2.20. The third kappa shape index (κ3) is 2.96. The third-order valence-electron chi connectivity index (χ3n) is 3.27. The quantitative estimate of drug-likeness (QED) is 0.829. The molecular formula is C13H21N3O. The Bertz CT molecular complexity index is 356. The fourth-order valence-corrected chi connectivity index (χ4v) is 2.46. The number of hydrogen-bond acceptors (Lipinski definition) is 4. The van der Waals surface area contributed by atoms with E-state index in [0.29, 0.717) is 12.5 Å². The van der Waals surface area contributed by atoms with Crippen molar-refractivity contribution in [2.24, 2.45) is 11.7 Å². The summed E-state index contributed by atoms with van der Waals surface area (Å²) in [5, 5.41) is 0. The van der Waals surface area contributed by atoms with Gasteiger partial charge in [0.15, 0.2) is 0 Å². The molecule has 1 aromatic heterocycles. The van der Waals surface area contributed by atoms with Crippen molar-refractivity contribution in [1.82, 2.24) is 4.98 Å². The Kier molecular flexibility index (Phi) is 4.34. The van der Waals surface area contributed by atoms with Gasteiger partial charge in [0.1, 0.15) is 5.82 Å². The summed E-state index contributed by atoms with van der Waals surface area (Å²) in [5.74, 6) is 1.74. The van der Waals surface area contributed by atoms with Gasteiger partial charge in [-0.25, -0.2) is 4.98 Å². The lowest BCUT2D eigenvalue weighted by molar-refractivity contribution is 0.161. The highest BCUT2D eigenvalue weighted by molar-refractivity contribution is 5.47. The molecule has 0 spiro atoms. The second-order valence-corrected chi connectivity index (χ2v) is 4.58. The minimum absolute atomic E-state index is 0.632. The molecule has 94 valence electrons. The van der Waals surface area contributed by atoms with Crippen molar-refractivity contribution in [1.29, 1.82) is 0 Å². The molecule has 2 N–H and O–H groups in total. The van der Waals surface area contributed by atoms with Crippen LogP contribution in [0.1, 0.15) is 12.0 Å². The summed E-state index contributed by atoms with van der Waals surface area (Å²) in [6.45, 7) is 3.63. The number of anilines is 1. The van der Waals surface area contributed by atoms with Crippen molar-refractivity contribution in [3.63, 3.8) is 0 Å². The number of ether oxygens (including phenoxy) is 1. The SMILES string of the molecule is COCC1CCN(c2ncccc2CCN)C1. The second kappa shape index (κ2) is 5.98. The van der Waals surface area contributed by atoms with E-state index in [4.69, 9.17) is 10.5 Å². The molecule has 1 fully saturated rings. The molecule has 1 unspecified atom stereocenters. The van der Waals surface area contributed by atoms with Gasteiger partial charge in [-0.05, 0) is 31.0 Å². The van der Waals surface area contributed by atoms with Gasteiger partial charge in [0.25, 0.3) is 0 Å². The third-order valence-corrected chi connectivity index (χ3v) is 3.27. The fourth-order valence-electron chi connectivity index (χ4n) is 2.46. The number of nitrogens with two attached hydrogens (primary N) is 1. The first-order valence-electron chi connectivity index (χ1n) is 6.23. The number of hydrogen-bond donors (Lipinski definition) is 1. The van der Waals surface area contributed by atoms with Crippen LogP contribution in [0.4, 0.5) is 5.82 Å². The summed E-state index contributed by atoms with van der Waals surface area (Å²) < 4.78 is 5.22. The molecule has 4 nitrogen and oxygen atoms in total. The smallest absolute Gasteiger partial charge is 0.131 e. The first kappa shape index (κ1) is 12.3. The van der Waals surface area contributed by atoms with E-state index in [0.717, 1.165) is 31.9 Å². The predicted molar refractivity (Wildman–Crippen MR) is 69.2 cm³/mol. The van der Waals surface area contributed by atoms with E-state index in [1.165, 1.54) is 12.0 Å². The van der Waals surface area contributed by atoms with E-state index in [9.17, 15) is 0 Å². The molecule has 0 aliphatic carbocycles. The predicted octanol–water partition coefficient (Wildman–Crippen LogP) is 1.06. The standard InChI is InChI=1S/C13H21N3O/c1-17-10-11-5-8-16(9-11)13-12(4-6-14)3-2-7-15-13/h2-3,7,11H,4-6,8-10,14H2,1H3. The van der Waals surface area contributed by atoms with Crippen LogP contribution in [0.2, 0.25) is 0 Å². The van der Waals surface area contributed by atoms with Crippen molar-refractivity contribution in [2.75, 3.05) is 38.3 Å². The van der Waals surface area contributed by atoms with Gasteiger partial charge in [0.05, 0.1) is 6.61 Å². The van der Waals surface area contributed by atoms with Crippen molar-refractivity contribution in [2.45, 2.75) is 12.8 Å². The Morgan fingerprint density at radius 1 is 1.59 bits per heavy atom. The van der Waals surface area contributed by atoms with Gasteiger partial charge in [-0.2, -0.15) is 0 Å². The lowest BCUT2D eigenvalue weighted by atomic mass is 10.1. The number of methoxy groups -OCH3 is 1. The molecule has 1 saturated heterocycles. The highest BCUT2D eigenvalue weighted by Gasteiger charge is 2.24. The van der Waals surface area contributed by atoms with E-state index in [1.807, 2.05) is 12.3 Å². The van der Waals surface area contributed by atoms with Crippen LogP contribution >= 0.6 is 0 Å². The Hall–Kier alpha value is -1.13. The molecule has 0 bridgehead atoms. The van der Waals surface area contributed by atoms with Gasteiger partial charge in [0.2, 0.25) is 0 Å². The molecule has 0 saturated carbocycles. The zero-order valence-corrected chi connectivity index (χ0v) is 10.4. The number of pyridine rings is 1. The molecule has 0 amide bonds. The summed E-state index contributed by atoms with van der Waals surface area (Å²) >= 11 is 0. The molecule has 0 aromatic carbocycles. The maximum atomic E-state index is 5.64. The van der Waals surface area contributed by atoms with Crippen molar-refractivity contribution in [3.05, 3.63) is 23.9 Å². The highest BCUT2D eigenvalue weighted by Crippen LogP contribution is 2.25. The highest BCUT2D eigenvalue weighted by atomic mass is 16.5. The molecule has 4 heteroatoms. The van der Waals surface area contributed by atoms with Gasteiger partial charge >= 0.3 is 0 Å². The second-order valence-electron chi connectivity index (χ2n) is 4.58. The van der Waals surface area contributed by atoms with Crippen LogP contribution in [0.3, 0.4) is 0 Å². The summed E-state index contributed by atoms with van der Waals surface area (Å²) in [6.07, 6.45) is 3.94. The lowest BCUT2D eigenvalue weighted by Crippen LogP contribution is -2.23. The average Bonchev–Trinajstić information content (AvgIpc) is 2.79. The van der Waals surface area contributed by atoms with E-state index in [2.05, 4.69) is 16.0 Å². The normalized spacial score (nSPS) is 19.9. The number of aromatic nitrogens is 1. The number of rotatable bonds is 5. The summed E-state index contributed by atoms with van der Waals surface area (Å²) in [6, 6.07) is 4.11. The van der Waals surface area contributed by atoms with Crippen LogP contribution in [0.15, 0.2) is 18.3 Å². The minimum Gasteiger partial charge on any atom is -0.384 e. The first-order valence-corrected chi connectivity index (χ1v) is 6.23. The average molecular weight is 235 g/mol. The Morgan fingerprint density at radius 2 is 2.47 bits per heavy atom. The Morgan fingerprint density at radius 3 is 3.24 bits per heavy atom. The van der Waals surface area contributed by atoms with Crippen LogP contribution in [0.5, 0.6) is 0 Å². The zero-order chi connectivity index (χ0) is 12.1. The molecule has 0 radical (unpaired) electrons. The van der Waals surface area contributed by atoms with Gasteiger partial charge in [-0.3, -0.25) is 0 Å². The molecule has 1 atom stereocenters. The molecule has 17 heavy (non-hydrogen) atoms. The minimum atomic E-state index is 0.632. The first-order chi connectivity index (χ1) is 8.35. The van der Waals surface area contributed by atoms with E-state index < -0.39 is 0 Å². The van der Waals surface area contributed by atoms with Crippen molar-refractivity contribution < 1.29 is 4.74 Å². The van der Waals surface area contributed by atoms with Crippen molar-refractivity contribution in [3.8, 4) is 0 Å². The van der Waals surface area contributed by atoms with Crippen LogP contribution < -0.4 is 10.6 Å². The maximum Gasteiger partial charge on any atom is 0.131 e. The largest absolute Gasteiger partial charge is 0.384 e. The van der Waals surface area contributed by atoms with E-state index >= 15 is 0 Å². The van der Waals surface area contributed by atoms with Gasteiger partial charge in [-0.15, -0.1) is 0 Å². The van der Waals surface area contributed by atoms with E-state index in [-0.39, 0.29) is 0 Å². The zero-order valence-electron chi connectivity index (χ0n) is 10.4. The monoisotopic (exact) mass is 235 g/mol. The van der Waals surface area contributed by atoms with Crippen LogP contribution in [-0.2, 0) is 11.2 Å². The summed E-state index contributed by atoms with van der Waals surface area (Å²) in [5.41, 5.74) is 6.89. The summed E-state index contributed by atoms with van der Waals surface area (Å²) in [4.78, 5) is 6.86. The topological polar surface area (TPSA) is 51.4 Å². The molecule has 2 heterocycles. The molecule has 1 aliphatic rings. The van der Waals surface area contributed by atoms with Crippen molar-refractivity contribution >= 4 is 5.82 Å². The molecular weight excluding hydrogens is 214 g/mol. The van der Waals surface area contributed by atoms with Crippen LogP contribution in [0, 0.1) is 5.92 Å². The maximum absolute atomic E-state index is 5.64. The van der Waals surface area contributed by atoms with E-state index in [1.54, 1.807) is 7.11 Å².